The number of hydrogen-bond donors (Lipinski definition) is 2. The topological polar surface area (TPSA) is 47.3 Å². The number of nitrogens with one attached hydrogen (secondary N) is 1. The second-order valence-electron chi connectivity index (χ2n) is 5.92. The highest BCUT2D eigenvalue weighted by Crippen LogP contribution is 2.30. The molecule has 1 saturated carbocycles. The summed E-state index contributed by atoms with van der Waals surface area (Å²) in [6.45, 7) is 2.83. The Bertz CT molecular complexity index is 404. The third-order valence-corrected chi connectivity index (χ3v) is 5.17. The molecular formula is C17H27IN2O. The number of ether oxygens (including phenoxy) is 1. The first-order valence-corrected chi connectivity index (χ1v) is 9.14. The molecule has 0 saturated heterocycles. The van der Waals surface area contributed by atoms with Crippen molar-refractivity contribution >= 4 is 22.6 Å². The van der Waals surface area contributed by atoms with E-state index in [2.05, 4.69) is 59.2 Å². The Morgan fingerprint density at radius 2 is 1.90 bits per heavy atom. The summed E-state index contributed by atoms with van der Waals surface area (Å²) in [6.07, 6.45) is 7.72. The molecule has 2 unspecified atom stereocenters. The number of hydrazine groups is 1. The summed E-state index contributed by atoms with van der Waals surface area (Å²) in [7, 11) is 0. The molecule has 3 nitrogen and oxygen atoms in total. The van der Waals surface area contributed by atoms with E-state index < -0.39 is 0 Å². The smallest absolute Gasteiger partial charge is 0.0772 e. The minimum atomic E-state index is 0.188. The maximum absolute atomic E-state index is 6.09. The van der Waals surface area contributed by atoms with Crippen molar-refractivity contribution in [2.45, 2.75) is 57.6 Å². The third kappa shape index (κ3) is 5.20. The van der Waals surface area contributed by atoms with Gasteiger partial charge < -0.3 is 4.74 Å². The Morgan fingerprint density at radius 1 is 1.24 bits per heavy atom. The van der Waals surface area contributed by atoms with Crippen LogP contribution in [0, 0.1) is 9.49 Å². The maximum Gasteiger partial charge on any atom is 0.0772 e. The highest BCUT2D eigenvalue weighted by molar-refractivity contribution is 14.1. The Morgan fingerprint density at radius 3 is 2.48 bits per heavy atom. The molecule has 2 rings (SSSR count). The van der Waals surface area contributed by atoms with E-state index in [0.717, 1.165) is 13.0 Å². The summed E-state index contributed by atoms with van der Waals surface area (Å²) < 4.78 is 7.35. The van der Waals surface area contributed by atoms with Gasteiger partial charge in [-0.15, -0.1) is 0 Å². The molecule has 0 aromatic heterocycles. The van der Waals surface area contributed by atoms with Crippen LogP contribution in [0.4, 0.5) is 0 Å². The zero-order valence-corrected chi connectivity index (χ0v) is 15.0. The lowest BCUT2D eigenvalue weighted by atomic mass is 9.81. The van der Waals surface area contributed by atoms with Crippen molar-refractivity contribution in [3.8, 4) is 0 Å². The molecule has 0 spiro atoms. The molecule has 21 heavy (non-hydrogen) atoms. The molecule has 0 aliphatic heterocycles. The first kappa shape index (κ1) is 17.2. The van der Waals surface area contributed by atoms with Gasteiger partial charge in [0.05, 0.1) is 12.1 Å². The minimum absolute atomic E-state index is 0.188. The first-order chi connectivity index (χ1) is 10.2. The third-order valence-electron chi connectivity index (χ3n) is 4.45. The van der Waals surface area contributed by atoms with Crippen molar-refractivity contribution in [2.75, 3.05) is 6.61 Å². The monoisotopic (exact) mass is 402 g/mol. The van der Waals surface area contributed by atoms with E-state index in [4.69, 9.17) is 10.6 Å². The SMILES string of the molecule is CCOC(C1CCCCC1)C(Cc1ccc(I)cc1)NN. The average Bonchev–Trinajstić information content (AvgIpc) is 2.53. The Kier molecular flexibility index (Phi) is 7.43. The van der Waals surface area contributed by atoms with Crippen molar-refractivity contribution in [1.29, 1.82) is 0 Å². The fraction of sp³-hybridized carbons (Fsp3) is 0.647. The number of benzene rings is 1. The summed E-state index contributed by atoms with van der Waals surface area (Å²) in [5.74, 6) is 6.50. The lowest BCUT2D eigenvalue weighted by molar-refractivity contribution is -0.0175. The van der Waals surface area contributed by atoms with Gasteiger partial charge in [-0.05, 0) is 72.4 Å². The van der Waals surface area contributed by atoms with E-state index in [1.807, 2.05) is 0 Å². The van der Waals surface area contributed by atoms with E-state index in [1.54, 1.807) is 0 Å². The number of hydrogen-bond acceptors (Lipinski definition) is 3. The normalized spacial score (nSPS) is 19.4. The number of rotatable bonds is 7. The molecule has 1 aromatic rings. The van der Waals surface area contributed by atoms with E-state index >= 15 is 0 Å². The van der Waals surface area contributed by atoms with Crippen LogP contribution in [-0.4, -0.2) is 18.8 Å². The summed E-state index contributed by atoms with van der Waals surface area (Å²) in [6, 6.07) is 8.87. The van der Waals surface area contributed by atoms with E-state index in [1.165, 1.54) is 41.2 Å². The molecule has 0 amide bonds. The zero-order valence-electron chi connectivity index (χ0n) is 12.9. The molecule has 1 aliphatic carbocycles. The molecule has 3 N–H and O–H groups in total. The van der Waals surface area contributed by atoms with Crippen LogP contribution >= 0.6 is 22.6 Å². The van der Waals surface area contributed by atoms with Crippen LogP contribution in [0.1, 0.15) is 44.6 Å². The summed E-state index contributed by atoms with van der Waals surface area (Å²) in [4.78, 5) is 0. The Balaban J connectivity index is 2.05. The second-order valence-corrected chi connectivity index (χ2v) is 7.17. The van der Waals surface area contributed by atoms with Crippen molar-refractivity contribution in [2.24, 2.45) is 11.8 Å². The van der Waals surface area contributed by atoms with Gasteiger partial charge in [-0.1, -0.05) is 31.4 Å². The Hall–Kier alpha value is -0.170. The average molecular weight is 402 g/mol. The summed E-state index contributed by atoms with van der Waals surface area (Å²) >= 11 is 2.34. The fourth-order valence-corrected chi connectivity index (χ4v) is 3.74. The van der Waals surface area contributed by atoms with E-state index in [-0.39, 0.29) is 12.1 Å². The predicted octanol–water partition coefficient (Wildman–Crippen LogP) is 3.65. The van der Waals surface area contributed by atoms with Crippen molar-refractivity contribution < 1.29 is 4.74 Å². The van der Waals surface area contributed by atoms with Crippen LogP contribution in [0.5, 0.6) is 0 Å². The van der Waals surface area contributed by atoms with E-state index in [0.29, 0.717) is 5.92 Å². The van der Waals surface area contributed by atoms with Gasteiger partial charge in [-0.2, -0.15) is 0 Å². The molecule has 4 heteroatoms. The van der Waals surface area contributed by atoms with Crippen molar-refractivity contribution in [3.63, 3.8) is 0 Å². The van der Waals surface area contributed by atoms with Gasteiger partial charge in [0.2, 0.25) is 0 Å². The fourth-order valence-electron chi connectivity index (χ4n) is 3.38. The quantitative estimate of drug-likeness (QED) is 0.416. The largest absolute Gasteiger partial charge is 0.377 e. The molecule has 1 aliphatic rings. The van der Waals surface area contributed by atoms with Crippen LogP contribution < -0.4 is 11.3 Å². The molecule has 118 valence electrons. The van der Waals surface area contributed by atoms with Crippen LogP contribution in [0.2, 0.25) is 0 Å². The second kappa shape index (κ2) is 9.08. The van der Waals surface area contributed by atoms with E-state index in [9.17, 15) is 0 Å². The lowest BCUT2D eigenvalue weighted by Crippen LogP contribution is -2.50. The maximum atomic E-state index is 6.09. The zero-order chi connectivity index (χ0) is 15.1. The Labute approximate surface area is 142 Å². The molecule has 0 heterocycles. The molecule has 1 aromatic carbocycles. The van der Waals surface area contributed by atoms with Gasteiger partial charge >= 0.3 is 0 Å². The van der Waals surface area contributed by atoms with Gasteiger partial charge in [0.1, 0.15) is 0 Å². The first-order valence-electron chi connectivity index (χ1n) is 8.06. The number of nitrogens with two attached hydrogens (primary N) is 1. The van der Waals surface area contributed by atoms with Crippen molar-refractivity contribution in [1.82, 2.24) is 5.43 Å². The molecular weight excluding hydrogens is 375 g/mol. The molecule has 1 fully saturated rings. The summed E-state index contributed by atoms with van der Waals surface area (Å²) in [5.41, 5.74) is 4.34. The van der Waals surface area contributed by atoms with Gasteiger partial charge in [0.25, 0.3) is 0 Å². The molecule has 0 bridgehead atoms. The van der Waals surface area contributed by atoms with Crippen LogP contribution in [0.15, 0.2) is 24.3 Å². The van der Waals surface area contributed by atoms with Gasteiger partial charge in [0, 0.05) is 10.2 Å². The highest BCUT2D eigenvalue weighted by Gasteiger charge is 2.30. The van der Waals surface area contributed by atoms with Crippen LogP contribution in [0.25, 0.3) is 0 Å². The standard InChI is InChI=1S/C17H27IN2O/c1-2-21-17(14-6-4-3-5-7-14)16(20-19)12-13-8-10-15(18)11-9-13/h8-11,14,16-17,20H,2-7,12,19H2,1H3. The van der Waals surface area contributed by atoms with Crippen LogP contribution in [0.3, 0.4) is 0 Å². The minimum Gasteiger partial charge on any atom is -0.377 e. The van der Waals surface area contributed by atoms with Gasteiger partial charge in [-0.3, -0.25) is 11.3 Å². The lowest BCUT2D eigenvalue weighted by Gasteiger charge is -2.35. The number of halogens is 1. The van der Waals surface area contributed by atoms with Gasteiger partial charge in [-0.25, -0.2) is 0 Å². The summed E-state index contributed by atoms with van der Waals surface area (Å²) in [5, 5.41) is 0. The predicted molar refractivity (Wildman–Crippen MR) is 96.0 cm³/mol. The highest BCUT2D eigenvalue weighted by atomic mass is 127. The van der Waals surface area contributed by atoms with Gasteiger partial charge in [0.15, 0.2) is 0 Å². The molecule has 2 atom stereocenters. The van der Waals surface area contributed by atoms with Crippen molar-refractivity contribution in [3.05, 3.63) is 33.4 Å². The molecule has 0 radical (unpaired) electrons. The van der Waals surface area contributed by atoms with Crippen LogP contribution in [-0.2, 0) is 11.2 Å².